The van der Waals surface area contributed by atoms with Crippen molar-refractivity contribution < 1.29 is 23.9 Å². The summed E-state index contributed by atoms with van der Waals surface area (Å²) in [6.45, 7) is 8.85. The molecule has 0 unspecified atom stereocenters. The van der Waals surface area contributed by atoms with Crippen LogP contribution in [0.5, 0.6) is 5.75 Å². The highest BCUT2D eigenvalue weighted by Crippen LogP contribution is 2.34. The van der Waals surface area contributed by atoms with E-state index in [1.165, 1.54) is 0 Å². The zero-order valence-electron chi connectivity index (χ0n) is 16.5. The summed E-state index contributed by atoms with van der Waals surface area (Å²) < 4.78 is 10.8. The van der Waals surface area contributed by atoms with E-state index in [0.717, 1.165) is 11.3 Å². The van der Waals surface area contributed by atoms with Gasteiger partial charge in [0, 0.05) is 5.56 Å². The first-order valence-corrected chi connectivity index (χ1v) is 9.64. The van der Waals surface area contributed by atoms with Crippen molar-refractivity contribution >= 4 is 34.1 Å². The molecule has 1 heterocycles. The summed E-state index contributed by atoms with van der Waals surface area (Å²) in [6, 6.07) is 6.62. The lowest BCUT2D eigenvalue weighted by atomic mass is 10.1. The summed E-state index contributed by atoms with van der Waals surface area (Å²) in [5.41, 5.74) is 6.30. The SMILES string of the molecule is Cc1c(C(N)=O)sc(NC(=O)c2ccc(OC(C)C)cc2)c1C(=O)OC(C)C. The van der Waals surface area contributed by atoms with Crippen molar-refractivity contribution in [1.82, 2.24) is 0 Å². The molecule has 0 saturated carbocycles. The van der Waals surface area contributed by atoms with Crippen molar-refractivity contribution in [2.75, 3.05) is 5.32 Å². The number of nitrogens with one attached hydrogen (secondary N) is 1. The maximum atomic E-state index is 12.6. The minimum absolute atomic E-state index is 0.0236. The standard InChI is InChI=1S/C20H24N2O5S/c1-10(2)26-14-8-6-13(7-9-14)18(24)22-19-15(20(25)27-11(3)4)12(5)16(28-19)17(21)23/h6-11H,1-5H3,(H2,21,23)(H,22,24). The Morgan fingerprint density at radius 2 is 1.64 bits per heavy atom. The third kappa shape index (κ3) is 5.10. The average Bonchev–Trinajstić information content (AvgIpc) is 2.90. The minimum Gasteiger partial charge on any atom is -0.491 e. The molecule has 150 valence electrons. The molecule has 8 heteroatoms. The monoisotopic (exact) mass is 404 g/mol. The summed E-state index contributed by atoms with van der Waals surface area (Å²) in [7, 11) is 0. The maximum absolute atomic E-state index is 12.6. The zero-order valence-corrected chi connectivity index (χ0v) is 17.3. The van der Waals surface area contributed by atoms with Crippen LogP contribution in [0, 0.1) is 6.92 Å². The van der Waals surface area contributed by atoms with Gasteiger partial charge < -0.3 is 20.5 Å². The minimum atomic E-state index is -0.670. The summed E-state index contributed by atoms with van der Waals surface area (Å²) in [5, 5.41) is 2.91. The highest BCUT2D eigenvalue weighted by Gasteiger charge is 2.26. The summed E-state index contributed by atoms with van der Waals surface area (Å²) >= 11 is 0.952. The molecular weight excluding hydrogens is 380 g/mol. The van der Waals surface area contributed by atoms with E-state index in [1.54, 1.807) is 45.0 Å². The van der Waals surface area contributed by atoms with Gasteiger partial charge in [0.25, 0.3) is 11.8 Å². The van der Waals surface area contributed by atoms with Gasteiger partial charge in [0.15, 0.2) is 0 Å². The van der Waals surface area contributed by atoms with E-state index in [-0.39, 0.29) is 27.6 Å². The molecule has 1 aromatic heterocycles. The second kappa shape index (κ2) is 8.88. The Morgan fingerprint density at radius 3 is 2.14 bits per heavy atom. The fourth-order valence-corrected chi connectivity index (χ4v) is 3.53. The molecule has 0 radical (unpaired) electrons. The first-order valence-electron chi connectivity index (χ1n) is 8.82. The topological polar surface area (TPSA) is 108 Å². The molecule has 7 nitrogen and oxygen atoms in total. The summed E-state index contributed by atoms with van der Waals surface area (Å²) in [6.07, 6.45) is -0.323. The Labute approximate surface area is 167 Å². The Morgan fingerprint density at radius 1 is 1.04 bits per heavy atom. The van der Waals surface area contributed by atoms with Gasteiger partial charge in [0.1, 0.15) is 10.8 Å². The van der Waals surface area contributed by atoms with Gasteiger partial charge in [-0.05, 0) is 64.4 Å². The van der Waals surface area contributed by atoms with Crippen LogP contribution in [0.2, 0.25) is 0 Å². The highest BCUT2D eigenvalue weighted by molar-refractivity contribution is 7.18. The quantitative estimate of drug-likeness (QED) is 0.683. The lowest BCUT2D eigenvalue weighted by Crippen LogP contribution is -2.17. The lowest BCUT2D eigenvalue weighted by Gasteiger charge is -2.11. The number of carbonyl (C=O) groups is 3. The van der Waals surface area contributed by atoms with E-state index in [4.69, 9.17) is 15.2 Å². The van der Waals surface area contributed by atoms with Crippen molar-refractivity contribution in [3.63, 3.8) is 0 Å². The Hall–Kier alpha value is -2.87. The molecule has 0 fully saturated rings. The van der Waals surface area contributed by atoms with E-state index >= 15 is 0 Å². The molecule has 2 amide bonds. The fraction of sp³-hybridized carbons (Fsp3) is 0.350. The van der Waals surface area contributed by atoms with Crippen LogP contribution in [0.1, 0.15) is 63.6 Å². The van der Waals surface area contributed by atoms with Crippen molar-refractivity contribution in [1.29, 1.82) is 0 Å². The van der Waals surface area contributed by atoms with Crippen molar-refractivity contribution in [3.05, 3.63) is 45.8 Å². The highest BCUT2D eigenvalue weighted by atomic mass is 32.1. The van der Waals surface area contributed by atoms with Crippen LogP contribution in [0.15, 0.2) is 24.3 Å². The van der Waals surface area contributed by atoms with Gasteiger partial charge in [-0.3, -0.25) is 9.59 Å². The van der Waals surface area contributed by atoms with Crippen LogP contribution >= 0.6 is 11.3 Å². The van der Waals surface area contributed by atoms with E-state index in [1.807, 2.05) is 13.8 Å². The Kier molecular flexibility index (Phi) is 6.80. The number of anilines is 1. The van der Waals surface area contributed by atoms with Gasteiger partial charge in [-0.1, -0.05) is 0 Å². The normalized spacial score (nSPS) is 10.8. The van der Waals surface area contributed by atoms with Gasteiger partial charge in [0.05, 0.1) is 22.6 Å². The number of hydrogen-bond acceptors (Lipinski definition) is 6. The first kappa shape index (κ1) is 21.4. The summed E-state index contributed by atoms with van der Waals surface area (Å²) in [5.74, 6) is -1.06. The average molecular weight is 404 g/mol. The molecule has 0 aliphatic heterocycles. The van der Waals surface area contributed by atoms with Gasteiger partial charge in [-0.2, -0.15) is 0 Å². The predicted molar refractivity (Wildman–Crippen MR) is 108 cm³/mol. The number of nitrogens with two attached hydrogens (primary N) is 1. The fourth-order valence-electron chi connectivity index (χ4n) is 2.49. The van der Waals surface area contributed by atoms with Crippen molar-refractivity contribution in [2.24, 2.45) is 5.73 Å². The number of hydrogen-bond donors (Lipinski definition) is 2. The lowest BCUT2D eigenvalue weighted by molar-refractivity contribution is 0.0379. The summed E-state index contributed by atoms with van der Waals surface area (Å²) in [4.78, 5) is 37.0. The van der Waals surface area contributed by atoms with Crippen molar-refractivity contribution in [2.45, 2.75) is 46.8 Å². The molecule has 0 spiro atoms. The second-order valence-corrected chi connectivity index (χ2v) is 7.74. The molecule has 2 rings (SSSR count). The van der Waals surface area contributed by atoms with Crippen LogP contribution in [-0.2, 0) is 4.74 Å². The number of esters is 1. The molecule has 3 N–H and O–H groups in total. The molecule has 28 heavy (non-hydrogen) atoms. The van der Waals surface area contributed by atoms with E-state index in [0.29, 0.717) is 16.9 Å². The first-order chi connectivity index (χ1) is 13.1. The number of benzene rings is 1. The predicted octanol–water partition coefficient (Wildman–Crippen LogP) is 3.76. The number of primary amides is 1. The van der Waals surface area contributed by atoms with E-state index in [2.05, 4.69) is 5.32 Å². The van der Waals surface area contributed by atoms with E-state index < -0.39 is 17.8 Å². The van der Waals surface area contributed by atoms with Crippen LogP contribution < -0.4 is 15.8 Å². The Bertz CT molecular complexity index is 885. The van der Waals surface area contributed by atoms with Gasteiger partial charge in [-0.25, -0.2) is 4.79 Å². The smallest absolute Gasteiger partial charge is 0.341 e. The number of amides is 2. The molecular formula is C20H24N2O5S. The molecule has 0 saturated heterocycles. The molecule has 0 bridgehead atoms. The van der Waals surface area contributed by atoms with Crippen LogP contribution in [-0.4, -0.2) is 30.0 Å². The van der Waals surface area contributed by atoms with Crippen LogP contribution in [0.3, 0.4) is 0 Å². The molecule has 1 aromatic carbocycles. The van der Waals surface area contributed by atoms with Crippen molar-refractivity contribution in [3.8, 4) is 5.75 Å². The number of ether oxygens (including phenoxy) is 2. The number of rotatable bonds is 7. The third-order valence-electron chi connectivity index (χ3n) is 3.63. The second-order valence-electron chi connectivity index (χ2n) is 6.72. The zero-order chi connectivity index (χ0) is 21.0. The Balaban J connectivity index is 2.31. The van der Waals surface area contributed by atoms with Crippen LogP contribution in [0.4, 0.5) is 5.00 Å². The van der Waals surface area contributed by atoms with E-state index in [9.17, 15) is 14.4 Å². The van der Waals surface area contributed by atoms with Gasteiger partial charge in [-0.15, -0.1) is 11.3 Å². The maximum Gasteiger partial charge on any atom is 0.341 e. The molecule has 0 atom stereocenters. The molecule has 0 aliphatic carbocycles. The largest absolute Gasteiger partial charge is 0.491 e. The number of carbonyl (C=O) groups excluding carboxylic acids is 3. The van der Waals surface area contributed by atoms with Gasteiger partial charge >= 0.3 is 5.97 Å². The van der Waals surface area contributed by atoms with Crippen LogP contribution in [0.25, 0.3) is 0 Å². The number of thiophene rings is 1. The molecule has 0 aliphatic rings. The third-order valence-corrected chi connectivity index (χ3v) is 4.85. The molecule has 2 aromatic rings. The van der Waals surface area contributed by atoms with Gasteiger partial charge in [0.2, 0.25) is 0 Å².